The summed E-state index contributed by atoms with van der Waals surface area (Å²) in [5.74, 6) is -1.58. The number of aliphatic carboxylic acids is 1. The molecule has 112 valence electrons. The highest BCUT2D eigenvalue weighted by molar-refractivity contribution is 5.76. The Kier molecular flexibility index (Phi) is 4.52. The molecule has 0 heterocycles. The first-order valence-corrected chi connectivity index (χ1v) is 7.00. The van der Waals surface area contributed by atoms with E-state index in [4.69, 9.17) is 5.11 Å². The number of hydrogen-bond acceptors (Lipinski definition) is 2. The van der Waals surface area contributed by atoms with Crippen LogP contribution in [0.3, 0.4) is 0 Å². The predicted molar refractivity (Wildman–Crippen MR) is 81.3 cm³/mol. The fraction of sp³-hybridized carbons (Fsp3) is 0.588. The van der Waals surface area contributed by atoms with E-state index in [0.717, 1.165) is 12.0 Å². The second kappa shape index (κ2) is 5.47. The number of carboxylic acid groups (broad SMARTS) is 1. The number of phenols is 1. The fourth-order valence-corrected chi connectivity index (χ4v) is 2.88. The van der Waals surface area contributed by atoms with Crippen LogP contribution in [-0.4, -0.2) is 16.2 Å². The SMILES string of the molecule is CC(C(=O)O)c1cc(C(C)(C)CC(C)(C)C)ccc1O. The average molecular weight is 278 g/mol. The van der Waals surface area contributed by atoms with Gasteiger partial charge in [0, 0.05) is 5.56 Å². The third kappa shape index (κ3) is 3.99. The van der Waals surface area contributed by atoms with Gasteiger partial charge < -0.3 is 10.2 Å². The molecule has 0 aliphatic heterocycles. The van der Waals surface area contributed by atoms with E-state index < -0.39 is 11.9 Å². The Morgan fingerprint density at radius 3 is 2.20 bits per heavy atom. The van der Waals surface area contributed by atoms with Crippen LogP contribution >= 0.6 is 0 Å². The fourth-order valence-electron chi connectivity index (χ4n) is 2.88. The molecule has 0 spiro atoms. The first-order chi connectivity index (χ1) is 8.94. The minimum absolute atomic E-state index is 0.0511. The third-order valence-corrected chi connectivity index (χ3v) is 3.62. The summed E-state index contributed by atoms with van der Waals surface area (Å²) in [6.45, 7) is 12.5. The summed E-state index contributed by atoms with van der Waals surface area (Å²) in [4.78, 5) is 11.1. The normalized spacial score (nSPS) is 14.1. The molecule has 3 heteroatoms. The molecule has 2 N–H and O–H groups in total. The van der Waals surface area contributed by atoms with Crippen molar-refractivity contribution in [2.24, 2.45) is 5.41 Å². The van der Waals surface area contributed by atoms with Crippen LogP contribution in [0.2, 0.25) is 0 Å². The number of phenolic OH excluding ortho intramolecular Hbond substituents is 1. The van der Waals surface area contributed by atoms with Gasteiger partial charge in [-0.15, -0.1) is 0 Å². The van der Waals surface area contributed by atoms with Crippen LogP contribution in [-0.2, 0) is 10.2 Å². The van der Waals surface area contributed by atoms with Crippen molar-refractivity contribution >= 4 is 5.97 Å². The first kappa shape index (κ1) is 16.5. The summed E-state index contributed by atoms with van der Waals surface area (Å²) < 4.78 is 0. The van der Waals surface area contributed by atoms with Gasteiger partial charge in [-0.25, -0.2) is 0 Å². The smallest absolute Gasteiger partial charge is 0.310 e. The monoisotopic (exact) mass is 278 g/mol. The zero-order chi connectivity index (χ0) is 15.7. The Balaban J connectivity index is 3.21. The van der Waals surface area contributed by atoms with Crippen molar-refractivity contribution < 1.29 is 15.0 Å². The van der Waals surface area contributed by atoms with E-state index in [-0.39, 0.29) is 16.6 Å². The number of hydrogen-bond donors (Lipinski definition) is 2. The number of rotatable bonds is 4. The van der Waals surface area contributed by atoms with Gasteiger partial charge in [0.25, 0.3) is 0 Å². The number of benzene rings is 1. The molecule has 0 saturated heterocycles. The van der Waals surface area contributed by atoms with E-state index in [1.54, 1.807) is 13.0 Å². The summed E-state index contributed by atoms with van der Waals surface area (Å²) >= 11 is 0. The van der Waals surface area contributed by atoms with Crippen molar-refractivity contribution in [3.63, 3.8) is 0 Å². The zero-order valence-electron chi connectivity index (χ0n) is 13.3. The van der Waals surface area contributed by atoms with E-state index in [1.807, 2.05) is 12.1 Å². The van der Waals surface area contributed by atoms with Gasteiger partial charge in [0.2, 0.25) is 0 Å². The summed E-state index contributed by atoms with van der Waals surface area (Å²) in [7, 11) is 0. The summed E-state index contributed by atoms with van der Waals surface area (Å²) in [6.07, 6.45) is 0.978. The molecule has 0 aliphatic rings. The van der Waals surface area contributed by atoms with Gasteiger partial charge in [-0.05, 0) is 35.8 Å². The van der Waals surface area contributed by atoms with Gasteiger partial charge in [0.1, 0.15) is 5.75 Å². The van der Waals surface area contributed by atoms with E-state index in [0.29, 0.717) is 5.56 Å². The maximum absolute atomic E-state index is 11.1. The third-order valence-electron chi connectivity index (χ3n) is 3.62. The molecule has 1 atom stereocenters. The van der Waals surface area contributed by atoms with Crippen molar-refractivity contribution in [1.82, 2.24) is 0 Å². The van der Waals surface area contributed by atoms with Crippen molar-refractivity contribution in [2.75, 3.05) is 0 Å². The second-order valence-corrected chi connectivity index (χ2v) is 7.45. The molecular weight excluding hydrogens is 252 g/mol. The zero-order valence-corrected chi connectivity index (χ0v) is 13.3. The number of aromatic hydroxyl groups is 1. The molecule has 1 rings (SSSR count). The highest BCUT2D eigenvalue weighted by Gasteiger charge is 2.29. The van der Waals surface area contributed by atoms with Gasteiger partial charge in [-0.2, -0.15) is 0 Å². The summed E-state index contributed by atoms with van der Waals surface area (Å²) in [5.41, 5.74) is 1.66. The largest absolute Gasteiger partial charge is 0.508 e. The quantitative estimate of drug-likeness (QED) is 0.863. The van der Waals surface area contributed by atoms with E-state index >= 15 is 0 Å². The minimum Gasteiger partial charge on any atom is -0.508 e. The van der Waals surface area contributed by atoms with Crippen LogP contribution in [0, 0.1) is 5.41 Å². The van der Waals surface area contributed by atoms with Crippen molar-refractivity contribution in [1.29, 1.82) is 0 Å². The Hall–Kier alpha value is -1.51. The van der Waals surface area contributed by atoms with Gasteiger partial charge in [0.15, 0.2) is 0 Å². The lowest BCUT2D eigenvalue weighted by Crippen LogP contribution is -2.25. The number of carboxylic acids is 1. The van der Waals surface area contributed by atoms with Crippen LogP contribution in [0.25, 0.3) is 0 Å². The molecule has 1 aromatic rings. The molecule has 1 unspecified atom stereocenters. The molecule has 0 fully saturated rings. The van der Waals surface area contributed by atoms with Gasteiger partial charge >= 0.3 is 5.97 Å². The van der Waals surface area contributed by atoms with Crippen LogP contribution in [0.4, 0.5) is 0 Å². The molecule has 0 saturated carbocycles. The molecule has 20 heavy (non-hydrogen) atoms. The van der Waals surface area contributed by atoms with Crippen LogP contribution in [0.5, 0.6) is 5.75 Å². The lowest BCUT2D eigenvalue weighted by Gasteiger charge is -2.33. The molecule has 0 bridgehead atoms. The van der Waals surface area contributed by atoms with E-state index in [9.17, 15) is 9.90 Å². The molecule has 0 amide bonds. The van der Waals surface area contributed by atoms with Gasteiger partial charge in [0.05, 0.1) is 5.92 Å². The van der Waals surface area contributed by atoms with Crippen molar-refractivity contribution in [3.8, 4) is 5.75 Å². The Morgan fingerprint density at radius 1 is 1.20 bits per heavy atom. The van der Waals surface area contributed by atoms with Crippen LogP contribution in [0.1, 0.15) is 65.0 Å². The maximum atomic E-state index is 11.1. The van der Waals surface area contributed by atoms with E-state index in [1.165, 1.54) is 0 Å². The lowest BCUT2D eigenvalue weighted by atomic mass is 9.72. The standard InChI is InChI=1S/C17H26O3/c1-11(15(19)20)13-9-12(7-8-14(13)18)17(5,6)10-16(2,3)4/h7-9,11,18H,10H2,1-6H3,(H,19,20). The predicted octanol–water partition coefficient (Wildman–Crippen LogP) is 4.29. The average Bonchev–Trinajstić information content (AvgIpc) is 2.25. The summed E-state index contributed by atoms with van der Waals surface area (Å²) in [5, 5.41) is 19.0. The van der Waals surface area contributed by atoms with Crippen molar-refractivity contribution in [2.45, 2.75) is 59.3 Å². The van der Waals surface area contributed by atoms with Gasteiger partial charge in [-0.1, -0.05) is 46.8 Å². The highest BCUT2D eigenvalue weighted by atomic mass is 16.4. The lowest BCUT2D eigenvalue weighted by molar-refractivity contribution is -0.138. The first-order valence-electron chi connectivity index (χ1n) is 7.00. The molecule has 0 aliphatic carbocycles. The molecule has 1 aromatic carbocycles. The molecular formula is C17H26O3. The minimum atomic E-state index is -0.925. The summed E-state index contributed by atoms with van der Waals surface area (Å²) in [6, 6.07) is 5.33. The Bertz CT molecular complexity index is 495. The second-order valence-electron chi connectivity index (χ2n) is 7.45. The van der Waals surface area contributed by atoms with Gasteiger partial charge in [-0.3, -0.25) is 4.79 Å². The maximum Gasteiger partial charge on any atom is 0.310 e. The van der Waals surface area contributed by atoms with Crippen LogP contribution < -0.4 is 0 Å². The molecule has 0 radical (unpaired) electrons. The molecule has 3 nitrogen and oxygen atoms in total. The highest BCUT2D eigenvalue weighted by Crippen LogP contribution is 2.38. The Morgan fingerprint density at radius 2 is 1.75 bits per heavy atom. The van der Waals surface area contributed by atoms with E-state index in [2.05, 4.69) is 34.6 Å². The van der Waals surface area contributed by atoms with Crippen molar-refractivity contribution in [3.05, 3.63) is 29.3 Å². The molecule has 0 aromatic heterocycles. The van der Waals surface area contributed by atoms with Crippen LogP contribution in [0.15, 0.2) is 18.2 Å². The number of carbonyl (C=O) groups is 1. The topological polar surface area (TPSA) is 57.5 Å². The Labute approximate surface area is 121 Å².